The van der Waals surface area contributed by atoms with Crippen LogP contribution in [0.25, 0.3) is 0 Å². The van der Waals surface area contributed by atoms with Crippen molar-refractivity contribution in [2.75, 3.05) is 7.11 Å². The molecule has 0 bridgehead atoms. The molecule has 0 heterocycles. The zero-order chi connectivity index (χ0) is 27.1. The lowest BCUT2D eigenvalue weighted by Crippen LogP contribution is -2.63. The van der Waals surface area contributed by atoms with Crippen LogP contribution in [0.3, 0.4) is 0 Å². The molecule has 11 nitrogen and oxygen atoms in total. The van der Waals surface area contributed by atoms with Crippen molar-refractivity contribution >= 4 is 29.8 Å². The van der Waals surface area contributed by atoms with E-state index in [1.807, 2.05) is 13.8 Å². The quantitative estimate of drug-likeness (QED) is 0.341. The molecular weight excluding hydrogens is 444 g/mol. The van der Waals surface area contributed by atoms with Crippen molar-refractivity contribution in [3.8, 4) is 0 Å². The minimum atomic E-state index is -1.41. The molecule has 196 valence electrons. The van der Waals surface area contributed by atoms with E-state index < -0.39 is 58.5 Å². The van der Waals surface area contributed by atoms with E-state index in [1.54, 1.807) is 20.8 Å². The summed E-state index contributed by atoms with van der Waals surface area (Å²) < 4.78 is 9.83. The highest BCUT2D eigenvalue weighted by atomic mass is 16.6. The fraction of sp³-hybridized carbons (Fsp3) is 0.783. The molecule has 0 spiro atoms. The number of esters is 1. The third-order valence-electron chi connectivity index (χ3n) is 4.59. The van der Waals surface area contributed by atoms with Gasteiger partial charge < -0.3 is 30.7 Å². The van der Waals surface area contributed by atoms with E-state index in [9.17, 15) is 24.0 Å². The van der Waals surface area contributed by atoms with Crippen LogP contribution in [0.2, 0.25) is 0 Å². The average Bonchev–Trinajstić information content (AvgIpc) is 2.63. The highest BCUT2D eigenvalue weighted by molar-refractivity contribution is 5.96. The van der Waals surface area contributed by atoms with Crippen LogP contribution in [0.5, 0.6) is 0 Å². The van der Waals surface area contributed by atoms with Crippen molar-refractivity contribution in [1.29, 1.82) is 0 Å². The number of amides is 4. The normalized spacial score (nSPS) is 13.9. The number of nitrogens with one attached hydrogen (secondary N) is 4. The second-order valence-electron chi connectivity index (χ2n) is 10.7. The van der Waals surface area contributed by atoms with E-state index in [-0.39, 0.29) is 5.92 Å². The predicted octanol–water partition coefficient (Wildman–Crippen LogP) is 1.39. The predicted molar refractivity (Wildman–Crippen MR) is 127 cm³/mol. The van der Waals surface area contributed by atoms with Gasteiger partial charge in [0.2, 0.25) is 17.7 Å². The van der Waals surface area contributed by atoms with Crippen LogP contribution in [0.4, 0.5) is 4.79 Å². The molecule has 4 N–H and O–H groups in total. The molecular formula is C23H42N4O7. The molecule has 0 aliphatic carbocycles. The Kier molecular flexibility index (Phi) is 11.0. The van der Waals surface area contributed by atoms with Gasteiger partial charge in [-0.05, 0) is 67.7 Å². The van der Waals surface area contributed by atoms with Crippen molar-refractivity contribution in [1.82, 2.24) is 21.3 Å². The summed E-state index contributed by atoms with van der Waals surface area (Å²) in [6.07, 6.45) is -0.463. The summed E-state index contributed by atoms with van der Waals surface area (Å²) in [6, 6.07) is -1.93. The van der Waals surface area contributed by atoms with Crippen LogP contribution >= 0.6 is 0 Å². The molecule has 0 aromatic carbocycles. The molecule has 0 unspecified atom stereocenters. The molecule has 0 aromatic rings. The molecule has 34 heavy (non-hydrogen) atoms. The number of carbonyl (C=O) groups is 5. The first-order valence-electron chi connectivity index (χ1n) is 11.2. The minimum absolute atomic E-state index is 0.0491. The van der Waals surface area contributed by atoms with Gasteiger partial charge in [-0.25, -0.2) is 9.59 Å². The van der Waals surface area contributed by atoms with Gasteiger partial charge in [-0.15, -0.1) is 0 Å². The summed E-state index contributed by atoms with van der Waals surface area (Å²) >= 11 is 0. The van der Waals surface area contributed by atoms with Gasteiger partial charge in [-0.2, -0.15) is 0 Å². The maximum atomic E-state index is 13.0. The van der Waals surface area contributed by atoms with Crippen LogP contribution in [-0.2, 0) is 28.7 Å². The number of ether oxygens (including phenoxy) is 2. The van der Waals surface area contributed by atoms with Gasteiger partial charge in [0.1, 0.15) is 28.8 Å². The molecule has 0 saturated carbocycles. The summed E-state index contributed by atoms with van der Waals surface area (Å²) in [5.41, 5.74) is -3.43. The number of hydrogen-bond acceptors (Lipinski definition) is 7. The first-order valence-corrected chi connectivity index (χ1v) is 11.2. The summed E-state index contributed by atoms with van der Waals surface area (Å²) in [5, 5.41) is 10.2. The SMILES string of the molecule is COC(=O)C(C)(C)NC(=O)[C@H](CC(C)C)NC(=O)C(C)(C)NC(=O)[C@H](C)NC(=O)OC(C)(C)C. The van der Waals surface area contributed by atoms with Gasteiger partial charge in [-0.3, -0.25) is 14.4 Å². The number of rotatable bonds is 10. The van der Waals surface area contributed by atoms with Crippen molar-refractivity contribution in [2.45, 2.75) is 104 Å². The largest absolute Gasteiger partial charge is 0.467 e. The Bertz CT molecular complexity index is 770. The van der Waals surface area contributed by atoms with Gasteiger partial charge in [0.15, 0.2) is 0 Å². The Labute approximate surface area is 202 Å². The molecule has 0 fully saturated rings. The molecule has 0 aliphatic rings. The van der Waals surface area contributed by atoms with E-state index in [0.29, 0.717) is 6.42 Å². The standard InChI is InChI=1S/C23H42N4O7/c1-13(2)12-15(17(29)27-23(9,10)19(31)33-11)25-18(30)22(7,8)26-16(28)14(3)24-20(32)34-21(4,5)6/h13-15H,12H2,1-11H3,(H,24,32)(H,25,30)(H,26,28)(H,27,29)/t14-,15-/m0/s1. The topological polar surface area (TPSA) is 152 Å². The lowest BCUT2D eigenvalue weighted by molar-refractivity contribution is -0.149. The van der Waals surface area contributed by atoms with E-state index in [0.717, 1.165) is 0 Å². The van der Waals surface area contributed by atoms with Crippen molar-refractivity contribution < 1.29 is 33.4 Å². The molecule has 0 aromatic heterocycles. The fourth-order valence-corrected chi connectivity index (χ4v) is 2.77. The van der Waals surface area contributed by atoms with Crippen LogP contribution in [0.15, 0.2) is 0 Å². The second-order valence-corrected chi connectivity index (χ2v) is 10.7. The summed E-state index contributed by atoms with van der Waals surface area (Å²) in [5.74, 6) is -2.35. The van der Waals surface area contributed by atoms with E-state index in [1.165, 1.54) is 41.7 Å². The summed E-state index contributed by atoms with van der Waals surface area (Å²) in [7, 11) is 1.22. The molecule has 0 saturated heterocycles. The van der Waals surface area contributed by atoms with E-state index in [4.69, 9.17) is 9.47 Å². The Morgan fingerprint density at radius 2 is 1.26 bits per heavy atom. The van der Waals surface area contributed by atoms with Crippen molar-refractivity contribution in [3.63, 3.8) is 0 Å². The fourth-order valence-electron chi connectivity index (χ4n) is 2.77. The Balaban J connectivity index is 5.31. The Morgan fingerprint density at radius 1 is 0.765 bits per heavy atom. The first-order chi connectivity index (χ1) is 15.2. The minimum Gasteiger partial charge on any atom is -0.467 e. The lowest BCUT2D eigenvalue weighted by Gasteiger charge is -2.31. The molecule has 0 aliphatic heterocycles. The van der Waals surface area contributed by atoms with Gasteiger partial charge in [0, 0.05) is 0 Å². The van der Waals surface area contributed by atoms with Crippen molar-refractivity contribution in [3.05, 3.63) is 0 Å². The maximum Gasteiger partial charge on any atom is 0.408 e. The van der Waals surface area contributed by atoms with Gasteiger partial charge in [0.05, 0.1) is 7.11 Å². The number of alkyl carbamates (subject to hydrolysis) is 1. The number of hydrogen-bond donors (Lipinski definition) is 4. The number of methoxy groups -OCH3 is 1. The Hall–Kier alpha value is -2.85. The monoisotopic (exact) mass is 486 g/mol. The Morgan fingerprint density at radius 3 is 1.71 bits per heavy atom. The van der Waals surface area contributed by atoms with E-state index >= 15 is 0 Å². The van der Waals surface area contributed by atoms with Crippen LogP contribution in [-0.4, -0.2) is 65.7 Å². The zero-order valence-corrected chi connectivity index (χ0v) is 22.3. The highest BCUT2D eigenvalue weighted by Gasteiger charge is 2.37. The highest BCUT2D eigenvalue weighted by Crippen LogP contribution is 2.12. The van der Waals surface area contributed by atoms with Crippen LogP contribution in [0, 0.1) is 5.92 Å². The third-order valence-corrected chi connectivity index (χ3v) is 4.59. The summed E-state index contributed by atoms with van der Waals surface area (Å²) in [4.78, 5) is 62.2. The molecule has 0 radical (unpaired) electrons. The number of carbonyl (C=O) groups excluding carboxylic acids is 5. The van der Waals surface area contributed by atoms with Crippen molar-refractivity contribution in [2.24, 2.45) is 5.92 Å². The molecule has 2 atom stereocenters. The van der Waals surface area contributed by atoms with Crippen LogP contribution < -0.4 is 21.3 Å². The first kappa shape index (κ1) is 31.1. The van der Waals surface area contributed by atoms with Crippen LogP contribution in [0.1, 0.15) is 75.7 Å². The molecule has 4 amide bonds. The lowest BCUT2D eigenvalue weighted by atomic mass is 9.98. The maximum absolute atomic E-state index is 13.0. The van der Waals surface area contributed by atoms with Gasteiger partial charge in [0.25, 0.3) is 0 Å². The van der Waals surface area contributed by atoms with Gasteiger partial charge in [-0.1, -0.05) is 13.8 Å². The second kappa shape index (κ2) is 12.0. The third kappa shape index (κ3) is 10.8. The summed E-state index contributed by atoms with van der Waals surface area (Å²) in [6.45, 7) is 16.2. The molecule has 11 heteroatoms. The smallest absolute Gasteiger partial charge is 0.408 e. The van der Waals surface area contributed by atoms with E-state index in [2.05, 4.69) is 21.3 Å². The van der Waals surface area contributed by atoms with Gasteiger partial charge >= 0.3 is 12.1 Å². The molecule has 0 rings (SSSR count). The zero-order valence-electron chi connectivity index (χ0n) is 22.3. The average molecular weight is 487 g/mol.